The van der Waals surface area contributed by atoms with Crippen molar-refractivity contribution in [3.05, 3.63) is 12.2 Å². The summed E-state index contributed by atoms with van der Waals surface area (Å²) in [4.78, 5) is 23.4. The van der Waals surface area contributed by atoms with Gasteiger partial charge in [0, 0.05) is 11.2 Å². The monoisotopic (exact) mass is 268 g/mol. The van der Waals surface area contributed by atoms with Gasteiger partial charge in [0.25, 0.3) is 0 Å². The molecule has 4 heteroatoms. The maximum absolute atomic E-state index is 12.2. The van der Waals surface area contributed by atoms with Crippen LogP contribution in [0.25, 0.3) is 0 Å². The second kappa shape index (κ2) is 6.41. The molecule has 0 heterocycles. The van der Waals surface area contributed by atoms with Gasteiger partial charge in [-0.1, -0.05) is 43.2 Å². The molecular weight excluding hydrogens is 248 g/mol. The largest absolute Gasteiger partial charge is 0.481 e. The van der Waals surface area contributed by atoms with Crippen LogP contribution in [0.2, 0.25) is 0 Å². The molecule has 2 aliphatic rings. The molecule has 0 bridgehead atoms. The SMILES string of the molecule is O=C(SC1CCCCC1)[C@H]1CC=CC[C@H]1C(=O)O. The van der Waals surface area contributed by atoms with Crippen LogP contribution in [0.3, 0.4) is 0 Å². The van der Waals surface area contributed by atoms with Gasteiger partial charge in [-0.3, -0.25) is 9.59 Å². The molecular formula is C14H20O3S. The van der Waals surface area contributed by atoms with Gasteiger partial charge in [-0.05, 0) is 25.7 Å². The van der Waals surface area contributed by atoms with Crippen LogP contribution in [0.15, 0.2) is 12.2 Å². The highest BCUT2D eigenvalue weighted by Crippen LogP contribution is 2.35. The highest BCUT2D eigenvalue weighted by Gasteiger charge is 2.35. The normalized spacial score (nSPS) is 29.1. The number of aliphatic carboxylic acids is 1. The van der Waals surface area contributed by atoms with Crippen LogP contribution in [0.4, 0.5) is 0 Å². The Labute approximate surface area is 112 Å². The number of hydrogen-bond acceptors (Lipinski definition) is 3. The van der Waals surface area contributed by atoms with Crippen molar-refractivity contribution >= 4 is 22.8 Å². The number of carbonyl (C=O) groups excluding carboxylic acids is 1. The van der Waals surface area contributed by atoms with E-state index in [1.807, 2.05) is 12.2 Å². The molecule has 0 radical (unpaired) electrons. The minimum Gasteiger partial charge on any atom is -0.481 e. The van der Waals surface area contributed by atoms with Crippen molar-refractivity contribution in [2.24, 2.45) is 11.8 Å². The molecule has 1 fully saturated rings. The Balaban J connectivity index is 1.93. The molecule has 2 atom stereocenters. The topological polar surface area (TPSA) is 54.4 Å². The lowest BCUT2D eigenvalue weighted by Crippen LogP contribution is -2.30. The van der Waals surface area contributed by atoms with E-state index in [1.54, 1.807) is 0 Å². The lowest BCUT2D eigenvalue weighted by atomic mass is 9.84. The average Bonchev–Trinajstić information content (AvgIpc) is 2.40. The first kappa shape index (κ1) is 13.7. The van der Waals surface area contributed by atoms with Crippen LogP contribution in [0, 0.1) is 11.8 Å². The number of carboxylic acids is 1. The molecule has 0 unspecified atom stereocenters. The van der Waals surface area contributed by atoms with E-state index in [4.69, 9.17) is 5.11 Å². The molecule has 3 nitrogen and oxygen atoms in total. The smallest absolute Gasteiger partial charge is 0.307 e. The van der Waals surface area contributed by atoms with Crippen LogP contribution >= 0.6 is 11.8 Å². The van der Waals surface area contributed by atoms with Gasteiger partial charge in [0.2, 0.25) is 0 Å². The van der Waals surface area contributed by atoms with Crippen molar-refractivity contribution in [2.45, 2.75) is 50.2 Å². The lowest BCUT2D eigenvalue weighted by molar-refractivity contribution is -0.145. The molecule has 2 rings (SSSR count). The minimum atomic E-state index is -0.832. The third-order valence-electron chi connectivity index (χ3n) is 3.89. The summed E-state index contributed by atoms with van der Waals surface area (Å²) in [6, 6.07) is 0. The van der Waals surface area contributed by atoms with Gasteiger partial charge in [-0.15, -0.1) is 0 Å². The van der Waals surface area contributed by atoms with Crippen LogP contribution in [0.5, 0.6) is 0 Å². The summed E-state index contributed by atoms with van der Waals surface area (Å²) in [5, 5.41) is 9.69. The Morgan fingerprint density at radius 2 is 1.61 bits per heavy atom. The summed E-state index contributed by atoms with van der Waals surface area (Å²) >= 11 is 1.41. The van der Waals surface area contributed by atoms with Gasteiger partial charge < -0.3 is 5.11 Å². The Bertz CT molecular complexity index is 345. The summed E-state index contributed by atoms with van der Waals surface area (Å²) < 4.78 is 0. The average molecular weight is 268 g/mol. The highest BCUT2D eigenvalue weighted by molar-refractivity contribution is 8.14. The molecule has 0 saturated heterocycles. The molecule has 18 heavy (non-hydrogen) atoms. The van der Waals surface area contributed by atoms with E-state index < -0.39 is 11.9 Å². The first-order valence-corrected chi connectivity index (χ1v) is 7.64. The third-order valence-corrected chi connectivity index (χ3v) is 5.23. The maximum atomic E-state index is 12.2. The van der Waals surface area contributed by atoms with Crippen LogP contribution in [-0.2, 0) is 9.59 Å². The van der Waals surface area contributed by atoms with Gasteiger partial charge in [0.1, 0.15) is 0 Å². The van der Waals surface area contributed by atoms with Gasteiger partial charge in [-0.25, -0.2) is 0 Å². The Morgan fingerprint density at radius 3 is 2.22 bits per heavy atom. The molecule has 0 aliphatic heterocycles. The molecule has 2 aliphatic carbocycles. The number of allylic oxidation sites excluding steroid dienone is 2. The molecule has 100 valence electrons. The van der Waals surface area contributed by atoms with Crippen LogP contribution < -0.4 is 0 Å². The summed E-state index contributed by atoms with van der Waals surface area (Å²) in [6.07, 6.45) is 10.8. The third kappa shape index (κ3) is 3.37. The van der Waals surface area contributed by atoms with E-state index in [0.29, 0.717) is 18.1 Å². The van der Waals surface area contributed by atoms with Crippen molar-refractivity contribution < 1.29 is 14.7 Å². The predicted molar refractivity (Wildman–Crippen MR) is 72.5 cm³/mol. The minimum absolute atomic E-state index is 0.0960. The molecule has 0 aromatic heterocycles. The van der Waals surface area contributed by atoms with E-state index in [0.717, 1.165) is 12.8 Å². The fourth-order valence-corrected chi connectivity index (χ4v) is 4.12. The first-order chi connectivity index (χ1) is 8.68. The van der Waals surface area contributed by atoms with Crippen LogP contribution in [-0.4, -0.2) is 21.4 Å². The Morgan fingerprint density at radius 1 is 1.00 bits per heavy atom. The molecule has 0 spiro atoms. The van der Waals surface area contributed by atoms with Crippen molar-refractivity contribution in [2.75, 3.05) is 0 Å². The zero-order valence-electron chi connectivity index (χ0n) is 10.5. The van der Waals surface area contributed by atoms with Crippen molar-refractivity contribution in [1.82, 2.24) is 0 Å². The standard InChI is InChI=1S/C14H20O3S/c15-13(16)11-8-4-5-9-12(11)14(17)18-10-6-2-1-3-7-10/h4-5,10-12H,1-3,6-9H2,(H,15,16)/t11-,12+/m1/s1. The van der Waals surface area contributed by atoms with Crippen molar-refractivity contribution in [3.63, 3.8) is 0 Å². The van der Waals surface area contributed by atoms with Crippen molar-refractivity contribution in [3.8, 4) is 0 Å². The zero-order chi connectivity index (χ0) is 13.0. The van der Waals surface area contributed by atoms with E-state index in [9.17, 15) is 9.59 Å². The first-order valence-electron chi connectivity index (χ1n) is 6.77. The number of hydrogen-bond donors (Lipinski definition) is 1. The van der Waals surface area contributed by atoms with Gasteiger partial charge in [0.05, 0.1) is 5.92 Å². The molecule has 1 saturated carbocycles. The number of carbonyl (C=O) groups is 2. The summed E-state index contributed by atoms with van der Waals surface area (Å²) in [5.41, 5.74) is 0. The van der Waals surface area contributed by atoms with E-state index in [2.05, 4.69) is 0 Å². The fraction of sp³-hybridized carbons (Fsp3) is 0.714. The number of carboxylic acid groups (broad SMARTS) is 1. The summed E-state index contributed by atoms with van der Waals surface area (Å²) in [6.45, 7) is 0. The predicted octanol–water partition coefficient (Wildman–Crippen LogP) is 3.25. The lowest BCUT2D eigenvalue weighted by Gasteiger charge is -2.26. The molecule has 0 amide bonds. The second-order valence-electron chi connectivity index (χ2n) is 5.19. The second-order valence-corrected chi connectivity index (χ2v) is 6.50. The van der Waals surface area contributed by atoms with E-state index in [-0.39, 0.29) is 11.0 Å². The van der Waals surface area contributed by atoms with Gasteiger partial charge >= 0.3 is 5.97 Å². The van der Waals surface area contributed by atoms with E-state index in [1.165, 1.54) is 31.0 Å². The highest BCUT2D eigenvalue weighted by atomic mass is 32.2. The molecule has 0 aromatic rings. The Kier molecular flexibility index (Phi) is 4.87. The quantitative estimate of drug-likeness (QED) is 0.798. The summed E-state index contributed by atoms with van der Waals surface area (Å²) in [7, 11) is 0. The zero-order valence-corrected chi connectivity index (χ0v) is 11.3. The Hall–Kier alpha value is -0.770. The van der Waals surface area contributed by atoms with Crippen LogP contribution in [0.1, 0.15) is 44.9 Å². The fourth-order valence-electron chi connectivity index (χ4n) is 2.78. The summed E-state index contributed by atoms with van der Waals surface area (Å²) in [5.74, 6) is -1.67. The van der Waals surface area contributed by atoms with Gasteiger partial charge in [0.15, 0.2) is 5.12 Å². The van der Waals surface area contributed by atoms with E-state index >= 15 is 0 Å². The van der Waals surface area contributed by atoms with Crippen molar-refractivity contribution in [1.29, 1.82) is 0 Å². The maximum Gasteiger partial charge on any atom is 0.307 e. The number of rotatable bonds is 3. The molecule has 0 aromatic carbocycles. The van der Waals surface area contributed by atoms with Gasteiger partial charge in [-0.2, -0.15) is 0 Å². The molecule has 1 N–H and O–H groups in total. The number of thioether (sulfide) groups is 1.